The standard InChI is InChI=1S/C14H21FN2O2S2/c1-9(2)14(3,4)8-17-21(18,19)10-5-6-12(15)11(7-10)13(16)20/h5-7,9,17H,8H2,1-4H3,(H2,16,20). The topological polar surface area (TPSA) is 72.2 Å². The van der Waals surface area contributed by atoms with E-state index in [9.17, 15) is 12.8 Å². The fourth-order valence-corrected chi connectivity index (χ4v) is 2.83. The van der Waals surface area contributed by atoms with Gasteiger partial charge in [0.05, 0.1) is 4.90 Å². The average Bonchev–Trinajstić information content (AvgIpc) is 2.36. The van der Waals surface area contributed by atoms with Crippen molar-refractivity contribution in [2.24, 2.45) is 17.1 Å². The fourth-order valence-electron chi connectivity index (χ4n) is 1.43. The maximum absolute atomic E-state index is 13.5. The highest BCUT2D eigenvalue weighted by Crippen LogP contribution is 2.25. The van der Waals surface area contributed by atoms with Gasteiger partial charge in [0, 0.05) is 12.1 Å². The molecular weight excluding hydrogens is 311 g/mol. The van der Waals surface area contributed by atoms with E-state index in [2.05, 4.69) is 4.72 Å². The van der Waals surface area contributed by atoms with Crippen molar-refractivity contribution >= 4 is 27.2 Å². The molecule has 0 aliphatic carbocycles. The summed E-state index contributed by atoms with van der Waals surface area (Å²) in [5.41, 5.74) is 5.12. The Hall–Kier alpha value is -1.05. The second-order valence-electron chi connectivity index (χ2n) is 5.97. The molecule has 1 rings (SSSR count). The molecular formula is C14H21FN2O2S2. The lowest BCUT2D eigenvalue weighted by Crippen LogP contribution is -2.37. The van der Waals surface area contributed by atoms with Crippen LogP contribution in [0.1, 0.15) is 33.3 Å². The van der Waals surface area contributed by atoms with Gasteiger partial charge in [0.1, 0.15) is 10.8 Å². The monoisotopic (exact) mass is 332 g/mol. The van der Waals surface area contributed by atoms with E-state index in [4.69, 9.17) is 18.0 Å². The highest BCUT2D eigenvalue weighted by molar-refractivity contribution is 7.89. The minimum atomic E-state index is -3.73. The van der Waals surface area contributed by atoms with Gasteiger partial charge in [-0.25, -0.2) is 17.5 Å². The van der Waals surface area contributed by atoms with Crippen molar-refractivity contribution in [3.05, 3.63) is 29.6 Å². The summed E-state index contributed by atoms with van der Waals surface area (Å²) in [6.45, 7) is 8.29. The van der Waals surface area contributed by atoms with Gasteiger partial charge in [0.25, 0.3) is 0 Å². The van der Waals surface area contributed by atoms with Crippen LogP contribution in [0.15, 0.2) is 23.1 Å². The molecule has 0 spiro atoms. The molecule has 1 aromatic rings. The third-order valence-corrected chi connectivity index (χ3v) is 5.41. The van der Waals surface area contributed by atoms with E-state index in [-0.39, 0.29) is 27.4 Å². The normalized spacial score (nSPS) is 12.7. The molecule has 0 amide bonds. The molecule has 0 atom stereocenters. The van der Waals surface area contributed by atoms with Gasteiger partial charge in [0.15, 0.2) is 0 Å². The quantitative estimate of drug-likeness (QED) is 0.785. The average molecular weight is 332 g/mol. The zero-order valence-electron chi connectivity index (χ0n) is 12.6. The molecule has 0 aliphatic heterocycles. The summed E-state index contributed by atoms with van der Waals surface area (Å²) in [6.07, 6.45) is 0. The van der Waals surface area contributed by atoms with E-state index in [1.807, 2.05) is 27.7 Å². The van der Waals surface area contributed by atoms with Gasteiger partial charge >= 0.3 is 0 Å². The van der Waals surface area contributed by atoms with Gasteiger partial charge in [-0.3, -0.25) is 0 Å². The Balaban J connectivity index is 3.04. The highest BCUT2D eigenvalue weighted by Gasteiger charge is 2.25. The van der Waals surface area contributed by atoms with E-state index in [0.717, 1.165) is 12.1 Å². The maximum atomic E-state index is 13.5. The first kappa shape index (κ1) is 18.0. The molecule has 0 bridgehead atoms. The van der Waals surface area contributed by atoms with Crippen LogP contribution in [0.2, 0.25) is 0 Å². The molecule has 7 heteroatoms. The van der Waals surface area contributed by atoms with Gasteiger partial charge in [0.2, 0.25) is 10.0 Å². The number of halogens is 1. The van der Waals surface area contributed by atoms with Crippen LogP contribution in [0.3, 0.4) is 0 Å². The molecule has 0 saturated carbocycles. The molecule has 3 N–H and O–H groups in total. The van der Waals surface area contributed by atoms with Crippen LogP contribution < -0.4 is 10.5 Å². The smallest absolute Gasteiger partial charge is 0.240 e. The number of sulfonamides is 1. The van der Waals surface area contributed by atoms with Crippen molar-refractivity contribution in [1.29, 1.82) is 0 Å². The summed E-state index contributed by atoms with van der Waals surface area (Å²) in [7, 11) is -3.73. The summed E-state index contributed by atoms with van der Waals surface area (Å²) >= 11 is 4.71. The van der Waals surface area contributed by atoms with Crippen molar-refractivity contribution < 1.29 is 12.8 Å². The largest absolute Gasteiger partial charge is 0.389 e. The number of rotatable bonds is 6. The molecule has 0 unspecified atom stereocenters. The van der Waals surface area contributed by atoms with Crippen molar-refractivity contribution in [3.63, 3.8) is 0 Å². The van der Waals surface area contributed by atoms with E-state index >= 15 is 0 Å². The molecule has 0 aliphatic rings. The molecule has 4 nitrogen and oxygen atoms in total. The van der Waals surface area contributed by atoms with Crippen molar-refractivity contribution in [2.45, 2.75) is 32.6 Å². The van der Waals surface area contributed by atoms with Crippen LogP contribution in [-0.4, -0.2) is 20.0 Å². The van der Waals surface area contributed by atoms with Crippen LogP contribution in [0, 0.1) is 17.2 Å². The van der Waals surface area contributed by atoms with E-state index in [1.54, 1.807) is 0 Å². The number of nitrogens with two attached hydrogens (primary N) is 1. The molecule has 0 aromatic heterocycles. The van der Waals surface area contributed by atoms with Crippen molar-refractivity contribution in [3.8, 4) is 0 Å². The SMILES string of the molecule is CC(C)C(C)(C)CNS(=O)(=O)c1ccc(F)c(C(N)=S)c1. The van der Waals surface area contributed by atoms with Gasteiger partial charge in [-0.15, -0.1) is 0 Å². The Morgan fingerprint density at radius 1 is 1.43 bits per heavy atom. The first-order chi connectivity index (χ1) is 9.47. The van der Waals surface area contributed by atoms with Crippen LogP contribution >= 0.6 is 12.2 Å². The summed E-state index contributed by atoms with van der Waals surface area (Å²) < 4.78 is 40.6. The van der Waals surface area contributed by atoms with Gasteiger partial charge in [-0.05, 0) is 29.5 Å². The zero-order chi connectivity index (χ0) is 16.4. The van der Waals surface area contributed by atoms with Gasteiger partial charge < -0.3 is 5.73 Å². The molecule has 0 heterocycles. The van der Waals surface area contributed by atoms with Crippen LogP contribution in [-0.2, 0) is 10.0 Å². The lowest BCUT2D eigenvalue weighted by molar-refractivity contribution is 0.252. The number of thiocarbonyl (C=S) groups is 1. The maximum Gasteiger partial charge on any atom is 0.240 e. The van der Waals surface area contributed by atoms with Gasteiger partial charge in [-0.2, -0.15) is 0 Å². The Morgan fingerprint density at radius 2 is 2.00 bits per heavy atom. The Bertz CT molecular complexity index is 640. The molecule has 21 heavy (non-hydrogen) atoms. The van der Waals surface area contributed by atoms with Crippen LogP contribution in [0.4, 0.5) is 4.39 Å². The van der Waals surface area contributed by atoms with E-state index in [1.165, 1.54) is 6.07 Å². The molecule has 0 fully saturated rings. The van der Waals surface area contributed by atoms with E-state index < -0.39 is 15.8 Å². The Kier molecular flexibility index (Phi) is 5.46. The Labute approximate surface area is 131 Å². The van der Waals surface area contributed by atoms with Crippen LogP contribution in [0.5, 0.6) is 0 Å². The molecule has 118 valence electrons. The van der Waals surface area contributed by atoms with Crippen molar-refractivity contribution in [1.82, 2.24) is 4.72 Å². The third-order valence-electron chi connectivity index (χ3n) is 3.79. The van der Waals surface area contributed by atoms with Gasteiger partial charge in [-0.1, -0.05) is 39.9 Å². The fraction of sp³-hybridized carbons (Fsp3) is 0.500. The minimum Gasteiger partial charge on any atom is -0.389 e. The highest BCUT2D eigenvalue weighted by atomic mass is 32.2. The predicted octanol–water partition coefficient (Wildman–Crippen LogP) is 2.42. The number of hydrogen-bond donors (Lipinski definition) is 2. The lowest BCUT2D eigenvalue weighted by atomic mass is 9.81. The molecule has 0 saturated heterocycles. The zero-order valence-corrected chi connectivity index (χ0v) is 14.2. The number of benzene rings is 1. The summed E-state index contributed by atoms with van der Waals surface area (Å²) in [5.74, 6) is -0.329. The first-order valence-electron chi connectivity index (χ1n) is 6.56. The van der Waals surface area contributed by atoms with Crippen LogP contribution in [0.25, 0.3) is 0 Å². The molecule has 1 aromatic carbocycles. The predicted molar refractivity (Wildman–Crippen MR) is 86.1 cm³/mol. The molecule has 0 radical (unpaired) electrons. The second-order valence-corrected chi connectivity index (χ2v) is 8.18. The lowest BCUT2D eigenvalue weighted by Gasteiger charge is -2.29. The summed E-state index contributed by atoms with van der Waals surface area (Å²) in [5, 5.41) is 0. The second kappa shape index (κ2) is 6.37. The third kappa shape index (κ3) is 4.46. The number of hydrogen-bond acceptors (Lipinski definition) is 3. The Morgan fingerprint density at radius 3 is 2.48 bits per heavy atom. The van der Waals surface area contributed by atoms with E-state index in [0.29, 0.717) is 5.92 Å². The number of nitrogens with one attached hydrogen (secondary N) is 1. The van der Waals surface area contributed by atoms with Crippen molar-refractivity contribution in [2.75, 3.05) is 6.54 Å². The summed E-state index contributed by atoms with van der Waals surface area (Å²) in [4.78, 5) is -0.224. The summed E-state index contributed by atoms with van der Waals surface area (Å²) in [6, 6.07) is 3.40. The first-order valence-corrected chi connectivity index (χ1v) is 8.45. The minimum absolute atomic E-state index is 0.0498.